The minimum absolute atomic E-state index is 0.0732. The Morgan fingerprint density at radius 3 is 1.29 bits per heavy atom. The van der Waals surface area contributed by atoms with Gasteiger partial charge in [-0.15, -0.1) is 11.3 Å². The number of aromatic nitrogens is 4. The van der Waals surface area contributed by atoms with Crippen LogP contribution in [0.2, 0.25) is 0 Å². The van der Waals surface area contributed by atoms with Crippen molar-refractivity contribution in [1.29, 1.82) is 0 Å². The Bertz CT molecular complexity index is 5250. The summed E-state index contributed by atoms with van der Waals surface area (Å²) in [5, 5.41) is 7.21. The standard InChI is InChI=1S/C80H54N6S/c1-5-21-61(71-25-9-13-41-81-71)57(17-1)51-29-35-75-65(45-51)66-46-52(58-18-2-6-22-62(58)72-26-10-14-42-82-72)30-36-76(66)85(75)55-33-39-79-69(49-55)70-50-56(34-40-80(70)87-79)86-77-37-31-53(59-19-3-7-23-63(59)73-27-11-15-43-83-73)47-67(77)68-48-54(32-38-78(68)86)60-20-4-8-24-64(60)74-28-12-16-44-84-74/h1-15,17-26,28-43,45-50,73H,16,27,44H2. The Hall–Kier alpha value is -10.9. The van der Waals surface area contributed by atoms with Crippen LogP contribution in [0, 0.1) is 0 Å². The number of dihydropyridines is 2. The van der Waals surface area contributed by atoms with E-state index in [9.17, 15) is 0 Å². The highest BCUT2D eigenvalue weighted by molar-refractivity contribution is 7.25. The van der Waals surface area contributed by atoms with Gasteiger partial charge in [0.2, 0.25) is 0 Å². The molecule has 0 bridgehead atoms. The number of aliphatic imine (C=N–C) groups is 2. The van der Waals surface area contributed by atoms with Crippen LogP contribution in [0.1, 0.15) is 30.0 Å². The Balaban J connectivity index is 0.843. The van der Waals surface area contributed by atoms with Crippen molar-refractivity contribution < 1.29 is 0 Å². The van der Waals surface area contributed by atoms with Gasteiger partial charge in [-0.3, -0.25) is 20.0 Å². The number of nitrogens with zero attached hydrogens (tertiary/aromatic N) is 6. The van der Waals surface area contributed by atoms with Crippen molar-refractivity contribution in [2.45, 2.75) is 18.9 Å². The van der Waals surface area contributed by atoms with Gasteiger partial charge in [-0.1, -0.05) is 146 Å². The lowest BCUT2D eigenvalue weighted by Gasteiger charge is -2.17. The van der Waals surface area contributed by atoms with Crippen molar-refractivity contribution in [2.75, 3.05) is 6.54 Å². The van der Waals surface area contributed by atoms with Crippen molar-refractivity contribution in [3.8, 4) is 78.4 Å². The molecule has 17 rings (SSSR count). The highest BCUT2D eigenvalue weighted by Gasteiger charge is 2.23. The molecular weight excluding hydrogens is 1080 g/mol. The zero-order valence-electron chi connectivity index (χ0n) is 47.4. The summed E-state index contributed by atoms with van der Waals surface area (Å²) < 4.78 is 7.44. The van der Waals surface area contributed by atoms with Gasteiger partial charge in [-0.25, -0.2) is 0 Å². The fourth-order valence-electron chi connectivity index (χ4n) is 13.6. The first-order valence-electron chi connectivity index (χ1n) is 29.9. The fourth-order valence-corrected chi connectivity index (χ4v) is 14.7. The average molecular weight is 1130 g/mol. The molecule has 0 radical (unpaired) electrons. The molecule has 0 spiro atoms. The predicted octanol–water partition coefficient (Wildman–Crippen LogP) is 20.9. The van der Waals surface area contributed by atoms with Gasteiger partial charge in [0.15, 0.2) is 0 Å². The van der Waals surface area contributed by atoms with Crippen LogP contribution < -0.4 is 0 Å². The molecular formula is C80H54N6S. The Kier molecular flexibility index (Phi) is 12.2. The number of fused-ring (bicyclic) bond motifs is 9. The first-order valence-corrected chi connectivity index (χ1v) is 30.7. The molecule has 5 aromatic heterocycles. The summed E-state index contributed by atoms with van der Waals surface area (Å²) in [6.45, 7) is 0.806. The number of benzene rings is 10. The SMILES string of the molecule is C1=CCC(c2ccccc2-c2ccc3c(c2)c2cc(-c4ccccc4C4=NCCC=C4)ccc2n3-c2ccc3sc4ccc(-n5c6ccc(-c7ccccc7-c7ccccn7)cc6c6cc(-c7ccccc7-c7ccccn7)ccc65)cc4c3c2)N=C1. The Labute approximate surface area is 507 Å². The molecule has 7 heteroatoms. The molecule has 0 fully saturated rings. The van der Waals surface area contributed by atoms with Crippen LogP contribution >= 0.6 is 11.3 Å². The summed E-state index contributed by atoms with van der Waals surface area (Å²) in [7, 11) is 0. The second kappa shape index (κ2) is 21.0. The number of hydrogen-bond acceptors (Lipinski definition) is 5. The molecule has 2 aliphatic heterocycles. The van der Waals surface area contributed by atoms with Crippen molar-refractivity contribution >= 4 is 87.0 Å². The van der Waals surface area contributed by atoms with Crippen LogP contribution in [0.25, 0.3) is 142 Å². The van der Waals surface area contributed by atoms with Crippen LogP contribution in [0.4, 0.5) is 0 Å². The number of rotatable bonds is 10. The molecule has 0 amide bonds. The number of allylic oxidation sites excluding steroid dienone is 2. The third kappa shape index (κ3) is 8.68. The molecule has 0 aliphatic carbocycles. The molecule has 1 unspecified atom stereocenters. The van der Waals surface area contributed by atoms with Crippen LogP contribution in [0.5, 0.6) is 0 Å². The Morgan fingerprint density at radius 2 is 0.828 bits per heavy atom. The molecule has 2 aliphatic rings. The first kappa shape index (κ1) is 50.6. The van der Waals surface area contributed by atoms with E-state index in [0.717, 1.165) is 109 Å². The molecule has 1 atom stereocenters. The molecule has 0 saturated carbocycles. The number of hydrogen-bond donors (Lipinski definition) is 0. The molecule has 10 aromatic carbocycles. The average Bonchev–Trinajstić information content (AvgIpc) is 1.72. The van der Waals surface area contributed by atoms with Crippen molar-refractivity contribution in [1.82, 2.24) is 19.1 Å². The normalized spacial score (nSPS) is 14.1. The van der Waals surface area contributed by atoms with E-state index in [2.05, 4.69) is 264 Å². The molecule has 0 saturated heterocycles. The van der Waals surface area contributed by atoms with Gasteiger partial charge in [0.05, 0.1) is 45.2 Å². The van der Waals surface area contributed by atoms with Gasteiger partial charge in [-0.05, 0) is 184 Å². The molecule has 7 heterocycles. The molecule has 6 nitrogen and oxygen atoms in total. The second-order valence-corrected chi connectivity index (χ2v) is 23.7. The Morgan fingerprint density at radius 1 is 0.379 bits per heavy atom. The van der Waals surface area contributed by atoms with Gasteiger partial charge < -0.3 is 9.13 Å². The largest absolute Gasteiger partial charge is 0.309 e. The highest BCUT2D eigenvalue weighted by atomic mass is 32.1. The van der Waals surface area contributed by atoms with Gasteiger partial charge in [-0.2, -0.15) is 0 Å². The smallest absolute Gasteiger partial charge is 0.0789 e. The lowest BCUT2D eigenvalue weighted by Crippen LogP contribution is -2.04. The second-order valence-electron chi connectivity index (χ2n) is 22.7. The van der Waals surface area contributed by atoms with Gasteiger partial charge in [0.1, 0.15) is 0 Å². The maximum absolute atomic E-state index is 4.98. The number of thiophene rings is 1. The zero-order chi connectivity index (χ0) is 57.4. The maximum atomic E-state index is 4.98. The van der Waals surface area contributed by atoms with Gasteiger partial charge in [0, 0.05) is 94.9 Å². The monoisotopic (exact) mass is 1130 g/mol. The minimum Gasteiger partial charge on any atom is -0.309 e. The highest BCUT2D eigenvalue weighted by Crippen LogP contribution is 2.45. The van der Waals surface area contributed by atoms with Crippen LogP contribution in [0.3, 0.4) is 0 Å². The van der Waals surface area contributed by atoms with E-state index >= 15 is 0 Å². The lowest BCUT2D eigenvalue weighted by atomic mass is 9.91. The van der Waals surface area contributed by atoms with E-state index in [4.69, 9.17) is 20.0 Å². The summed E-state index contributed by atoms with van der Waals surface area (Å²) in [6.07, 6.45) is 16.2. The topological polar surface area (TPSA) is 60.4 Å². The van der Waals surface area contributed by atoms with E-state index in [1.54, 1.807) is 0 Å². The van der Waals surface area contributed by atoms with E-state index in [1.807, 2.05) is 42.1 Å². The van der Waals surface area contributed by atoms with E-state index in [-0.39, 0.29) is 6.04 Å². The van der Waals surface area contributed by atoms with Gasteiger partial charge in [0.25, 0.3) is 0 Å². The maximum Gasteiger partial charge on any atom is 0.0789 e. The van der Waals surface area contributed by atoms with Crippen molar-refractivity contribution in [3.63, 3.8) is 0 Å². The zero-order valence-corrected chi connectivity index (χ0v) is 48.2. The van der Waals surface area contributed by atoms with Gasteiger partial charge >= 0.3 is 0 Å². The summed E-state index contributed by atoms with van der Waals surface area (Å²) in [5.74, 6) is 0. The molecule has 0 N–H and O–H groups in total. The lowest BCUT2D eigenvalue weighted by molar-refractivity contribution is 0.742. The van der Waals surface area contributed by atoms with Crippen molar-refractivity contribution in [3.05, 3.63) is 290 Å². The van der Waals surface area contributed by atoms with E-state index < -0.39 is 0 Å². The van der Waals surface area contributed by atoms with Crippen molar-refractivity contribution in [2.24, 2.45) is 9.98 Å². The van der Waals surface area contributed by atoms with E-state index in [1.165, 1.54) is 69.5 Å². The van der Waals surface area contributed by atoms with E-state index in [0.29, 0.717) is 0 Å². The van der Waals surface area contributed by atoms with Crippen LogP contribution in [-0.2, 0) is 0 Å². The number of pyridine rings is 2. The third-order valence-electron chi connectivity index (χ3n) is 17.7. The molecule has 410 valence electrons. The van der Waals surface area contributed by atoms with Crippen LogP contribution in [-0.4, -0.2) is 37.6 Å². The third-order valence-corrected chi connectivity index (χ3v) is 18.8. The first-order chi connectivity index (χ1) is 43.1. The summed E-state index contributed by atoms with van der Waals surface area (Å²) in [6, 6.07) is 89.3. The van der Waals surface area contributed by atoms with Crippen LogP contribution in [0.15, 0.2) is 289 Å². The summed E-state index contributed by atoms with van der Waals surface area (Å²) >= 11 is 1.85. The molecule has 87 heavy (non-hydrogen) atoms. The quantitative estimate of drug-likeness (QED) is 0.137. The minimum atomic E-state index is 0.0732. The molecule has 15 aromatic rings. The fraction of sp³-hybridized carbons (Fsp3) is 0.0500. The summed E-state index contributed by atoms with van der Waals surface area (Å²) in [5.41, 5.74) is 23.7. The summed E-state index contributed by atoms with van der Waals surface area (Å²) in [4.78, 5) is 19.5. The predicted molar refractivity (Wildman–Crippen MR) is 366 cm³/mol.